The minimum absolute atomic E-state index is 0.129. The molecule has 0 fully saturated rings. The highest BCUT2D eigenvalue weighted by Crippen LogP contribution is 2.21. The summed E-state index contributed by atoms with van der Waals surface area (Å²) in [5.74, 6) is 0.338. The highest BCUT2D eigenvalue weighted by molar-refractivity contribution is 7.92. The maximum absolute atomic E-state index is 12.1. The van der Waals surface area contributed by atoms with Crippen molar-refractivity contribution in [1.82, 2.24) is 0 Å². The number of hydrogen-bond acceptors (Lipinski definition) is 4. The largest absolute Gasteiger partial charge is 0.483 e. The van der Waals surface area contributed by atoms with Crippen LogP contribution in [-0.2, 0) is 14.8 Å². The van der Waals surface area contributed by atoms with Crippen LogP contribution in [-0.4, -0.2) is 34.2 Å². The van der Waals surface area contributed by atoms with E-state index < -0.39 is 10.0 Å². The minimum Gasteiger partial charge on any atom is -0.483 e. The number of hydrogen-bond donors (Lipinski definition) is 1. The van der Waals surface area contributed by atoms with Gasteiger partial charge in [0.05, 0.1) is 11.9 Å². The van der Waals surface area contributed by atoms with Gasteiger partial charge in [-0.15, -0.1) is 0 Å². The van der Waals surface area contributed by atoms with Crippen LogP contribution in [0, 0.1) is 13.8 Å². The summed E-state index contributed by atoms with van der Waals surface area (Å²) >= 11 is 0. The summed E-state index contributed by atoms with van der Waals surface area (Å²) in [5, 5.41) is 2.70. The van der Waals surface area contributed by atoms with Crippen LogP contribution >= 0.6 is 0 Å². The van der Waals surface area contributed by atoms with Crippen LogP contribution in [0.2, 0.25) is 0 Å². The summed E-state index contributed by atoms with van der Waals surface area (Å²) < 4.78 is 29.9. The second-order valence-corrected chi connectivity index (χ2v) is 7.90. The molecule has 2 aromatic rings. The first-order valence-corrected chi connectivity index (χ1v) is 9.55. The van der Waals surface area contributed by atoms with E-state index in [2.05, 4.69) is 5.32 Å². The highest BCUT2D eigenvalue weighted by Gasteiger charge is 2.13. The summed E-state index contributed by atoms with van der Waals surface area (Å²) in [6.07, 6.45) is 1.12. The van der Waals surface area contributed by atoms with Gasteiger partial charge in [-0.3, -0.25) is 9.10 Å². The Morgan fingerprint density at radius 3 is 2.52 bits per heavy atom. The molecule has 1 amide bonds. The second kappa shape index (κ2) is 7.57. The molecule has 0 heterocycles. The van der Waals surface area contributed by atoms with Gasteiger partial charge in [0.1, 0.15) is 5.75 Å². The summed E-state index contributed by atoms with van der Waals surface area (Å²) in [4.78, 5) is 12.1. The highest BCUT2D eigenvalue weighted by atomic mass is 32.2. The van der Waals surface area contributed by atoms with E-state index in [9.17, 15) is 13.2 Å². The Balaban J connectivity index is 2.01. The molecule has 25 heavy (non-hydrogen) atoms. The number of benzene rings is 2. The summed E-state index contributed by atoms with van der Waals surface area (Å²) in [6, 6.07) is 12.4. The van der Waals surface area contributed by atoms with Crippen molar-refractivity contribution in [3.05, 3.63) is 53.6 Å². The number of sulfonamides is 1. The van der Waals surface area contributed by atoms with Crippen LogP contribution in [0.25, 0.3) is 0 Å². The lowest BCUT2D eigenvalue weighted by Gasteiger charge is -2.17. The molecule has 0 saturated carbocycles. The maximum Gasteiger partial charge on any atom is 0.262 e. The molecule has 0 aliphatic rings. The number of amides is 1. The normalized spacial score (nSPS) is 11.0. The van der Waals surface area contributed by atoms with Crippen molar-refractivity contribution in [3.63, 3.8) is 0 Å². The average Bonchev–Trinajstić information content (AvgIpc) is 2.52. The van der Waals surface area contributed by atoms with Crippen LogP contribution in [0.15, 0.2) is 42.5 Å². The third kappa shape index (κ3) is 5.22. The van der Waals surface area contributed by atoms with Gasteiger partial charge in [0.2, 0.25) is 10.0 Å². The molecule has 0 spiro atoms. The molecule has 0 aliphatic carbocycles. The average molecular weight is 362 g/mol. The molecule has 1 N–H and O–H groups in total. The number of aryl methyl sites for hydroxylation is 2. The van der Waals surface area contributed by atoms with E-state index in [-0.39, 0.29) is 12.5 Å². The topological polar surface area (TPSA) is 75.7 Å². The first-order valence-electron chi connectivity index (χ1n) is 7.70. The Morgan fingerprint density at radius 1 is 1.16 bits per heavy atom. The number of ether oxygens (including phenoxy) is 1. The summed E-state index contributed by atoms with van der Waals surface area (Å²) in [6.45, 7) is 3.78. The number of anilines is 2. The first kappa shape index (κ1) is 18.8. The van der Waals surface area contributed by atoms with Crippen molar-refractivity contribution >= 4 is 27.3 Å². The van der Waals surface area contributed by atoms with Gasteiger partial charge in [0.15, 0.2) is 6.61 Å². The fraction of sp³-hybridized carbons (Fsp3) is 0.278. The van der Waals surface area contributed by atoms with Gasteiger partial charge in [-0.2, -0.15) is 0 Å². The SMILES string of the molecule is Cc1ccc(OCC(=O)Nc2cccc(N(C)S(C)(=O)=O)c2)c(C)c1. The van der Waals surface area contributed by atoms with Crippen molar-refractivity contribution in [2.45, 2.75) is 13.8 Å². The zero-order valence-electron chi connectivity index (χ0n) is 14.7. The Kier molecular flexibility index (Phi) is 5.69. The molecular weight excluding hydrogens is 340 g/mol. The number of rotatable bonds is 6. The third-order valence-electron chi connectivity index (χ3n) is 3.68. The van der Waals surface area contributed by atoms with Gasteiger partial charge in [-0.05, 0) is 43.7 Å². The van der Waals surface area contributed by atoms with E-state index in [0.29, 0.717) is 17.1 Å². The van der Waals surface area contributed by atoms with Gasteiger partial charge < -0.3 is 10.1 Å². The third-order valence-corrected chi connectivity index (χ3v) is 4.89. The molecule has 0 aliphatic heterocycles. The Morgan fingerprint density at radius 2 is 1.88 bits per heavy atom. The molecule has 2 rings (SSSR count). The standard InChI is InChI=1S/C18H22N2O4S/c1-13-8-9-17(14(2)10-13)24-12-18(21)19-15-6-5-7-16(11-15)20(3)25(4,22)23/h5-11H,12H2,1-4H3,(H,19,21). The second-order valence-electron chi connectivity index (χ2n) is 5.89. The lowest BCUT2D eigenvalue weighted by atomic mass is 10.1. The molecular formula is C18H22N2O4S. The van der Waals surface area contributed by atoms with Crippen LogP contribution in [0.5, 0.6) is 5.75 Å². The van der Waals surface area contributed by atoms with Crippen LogP contribution in [0.4, 0.5) is 11.4 Å². The molecule has 0 radical (unpaired) electrons. The molecule has 0 atom stereocenters. The lowest BCUT2D eigenvalue weighted by Crippen LogP contribution is -2.25. The van der Waals surface area contributed by atoms with Gasteiger partial charge in [0, 0.05) is 12.7 Å². The molecule has 7 heteroatoms. The Bertz CT molecular complexity index is 878. The zero-order chi connectivity index (χ0) is 18.6. The summed E-state index contributed by atoms with van der Waals surface area (Å²) in [7, 11) is -1.90. The molecule has 134 valence electrons. The van der Waals surface area contributed by atoms with Crippen LogP contribution in [0.1, 0.15) is 11.1 Å². The molecule has 0 bridgehead atoms. The smallest absolute Gasteiger partial charge is 0.262 e. The number of nitrogens with zero attached hydrogens (tertiary/aromatic N) is 1. The van der Waals surface area contributed by atoms with Crippen molar-refractivity contribution in [2.75, 3.05) is 29.5 Å². The van der Waals surface area contributed by atoms with Crippen molar-refractivity contribution in [2.24, 2.45) is 0 Å². The first-order chi connectivity index (χ1) is 11.7. The van der Waals surface area contributed by atoms with Crippen molar-refractivity contribution in [1.29, 1.82) is 0 Å². The van der Waals surface area contributed by atoms with E-state index in [1.807, 2.05) is 32.0 Å². The Hall–Kier alpha value is -2.54. The summed E-state index contributed by atoms with van der Waals surface area (Å²) in [5.41, 5.74) is 3.06. The fourth-order valence-electron chi connectivity index (χ4n) is 2.27. The number of nitrogens with one attached hydrogen (secondary N) is 1. The van der Waals surface area contributed by atoms with E-state index in [0.717, 1.165) is 21.7 Å². The maximum atomic E-state index is 12.1. The molecule has 6 nitrogen and oxygen atoms in total. The lowest BCUT2D eigenvalue weighted by molar-refractivity contribution is -0.118. The van der Waals surface area contributed by atoms with Crippen molar-refractivity contribution < 1.29 is 17.9 Å². The van der Waals surface area contributed by atoms with E-state index in [1.54, 1.807) is 24.3 Å². The molecule has 0 unspecified atom stereocenters. The quantitative estimate of drug-likeness (QED) is 0.857. The van der Waals surface area contributed by atoms with Crippen LogP contribution < -0.4 is 14.4 Å². The predicted octanol–water partition coefficient (Wildman–Crippen LogP) is 2.72. The van der Waals surface area contributed by atoms with Crippen molar-refractivity contribution in [3.8, 4) is 5.75 Å². The van der Waals surface area contributed by atoms with E-state index >= 15 is 0 Å². The molecule has 2 aromatic carbocycles. The molecule has 0 aromatic heterocycles. The molecule has 0 saturated heterocycles. The van der Waals surface area contributed by atoms with Gasteiger partial charge >= 0.3 is 0 Å². The van der Waals surface area contributed by atoms with Crippen LogP contribution in [0.3, 0.4) is 0 Å². The predicted molar refractivity (Wildman–Crippen MR) is 99.7 cm³/mol. The van der Waals surface area contributed by atoms with Gasteiger partial charge in [-0.25, -0.2) is 8.42 Å². The number of carbonyl (C=O) groups excluding carboxylic acids is 1. The fourth-order valence-corrected chi connectivity index (χ4v) is 2.77. The van der Waals surface area contributed by atoms with E-state index in [1.165, 1.54) is 7.05 Å². The minimum atomic E-state index is -3.36. The zero-order valence-corrected chi connectivity index (χ0v) is 15.6. The van der Waals surface area contributed by atoms with E-state index in [4.69, 9.17) is 4.74 Å². The monoisotopic (exact) mass is 362 g/mol. The Labute approximate surface area is 148 Å². The van der Waals surface area contributed by atoms with Gasteiger partial charge in [0.25, 0.3) is 5.91 Å². The number of carbonyl (C=O) groups is 1. The van der Waals surface area contributed by atoms with Gasteiger partial charge in [-0.1, -0.05) is 23.8 Å².